The summed E-state index contributed by atoms with van der Waals surface area (Å²) in [5.74, 6) is 6.02. The first-order valence-corrected chi connectivity index (χ1v) is 6.01. The maximum Gasteiger partial charge on any atom is 0.281 e. The second-order valence-electron chi connectivity index (χ2n) is 3.06. The number of hydrogen-bond acceptors (Lipinski definition) is 6. The van der Waals surface area contributed by atoms with Crippen LogP contribution in [0.25, 0.3) is 10.6 Å². The first kappa shape index (κ1) is 11.9. The minimum Gasteiger partial charge on any atom is -0.473 e. The molecule has 0 bridgehead atoms. The highest BCUT2D eigenvalue weighted by molar-refractivity contribution is 7.80. The fourth-order valence-electron chi connectivity index (χ4n) is 1.21. The normalized spacial score (nSPS) is 10.0. The monoisotopic (exact) mass is 266 g/mol. The number of nitrogens with zero attached hydrogens (tertiary/aromatic N) is 3. The Balaban J connectivity index is 2.32. The number of anilines is 1. The molecule has 2 heterocycles. The molecule has 17 heavy (non-hydrogen) atoms. The number of ether oxygens (including phenoxy) is 1. The van der Waals surface area contributed by atoms with Gasteiger partial charge in [-0.3, -0.25) is 0 Å². The topological polar surface area (TPSA) is 64.3 Å². The molecular weight excluding hydrogens is 256 g/mol. The van der Waals surface area contributed by atoms with E-state index in [-0.39, 0.29) is 5.17 Å². The molecule has 0 saturated carbocycles. The number of hydrogen-bond donors (Lipinski definition) is 1. The Morgan fingerprint density at radius 2 is 2.35 bits per heavy atom. The van der Waals surface area contributed by atoms with E-state index in [0.29, 0.717) is 5.95 Å². The van der Waals surface area contributed by atoms with Crippen LogP contribution in [0.1, 0.15) is 0 Å². The summed E-state index contributed by atoms with van der Waals surface area (Å²) in [6.45, 7) is 0. The number of methoxy groups -OCH3 is 1. The molecule has 2 aromatic rings. The summed E-state index contributed by atoms with van der Waals surface area (Å²) in [4.78, 5) is 9.41. The van der Waals surface area contributed by atoms with Crippen LogP contribution in [-0.4, -0.2) is 22.3 Å². The molecule has 7 heteroatoms. The van der Waals surface area contributed by atoms with Gasteiger partial charge < -0.3 is 4.74 Å². The van der Waals surface area contributed by atoms with Gasteiger partial charge in [-0.25, -0.2) is 20.8 Å². The fourth-order valence-corrected chi connectivity index (χ4v) is 1.98. The fraction of sp³-hybridized carbons (Fsp3) is 0.100. The van der Waals surface area contributed by atoms with Gasteiger partial charge in [0.25, 0.3) is 5.17 Å². The van der Waals surface area contributed by atoms with E-state index >= 15 is 0 Å². The summed E-state index contributed by atoms with van der Waals surface area (Å²) < 4.78 is 4.85. The Morgan fingerprint density at radius 3 is 3.00 bits per heavy atom. The van der Waals surface area contributed by atoms with Crippen LogP contribution in [0.2, 0.25) is 0 Å². The Bertz CT molecular complexity index is 515. The van der Waals surface area contributed by atoms with E-state index < -0.39 is 0 Å². The van der Waals surface area contributed by atoms with E-state index in [1.165, 1.54) is 7.11 Å². The number of rotatable bonds is 2. The largest absolute Gasteiger partial charge is 0.473 e. The standard InChI is InChI=1S/C10H10N4OS2/c1-15-10(16)14(11)9-12-5-4-7(13-9)8-3-2-6-17-8/h2-6H,11H2,1H3. The zero-order chi connectivity index (χ0) is 12.3. The Labute approximate surface area is 108 Å². The molecule has 0 aromatic carbocycles. The molecule has 0 atom stereocenters. The highest BCUT2D eigenvalue weighted by Gasteiger charge is 2.12. The zero-order valence-corrected chi connectivity index (χ0v) is 10.7. The number of thiophene rings is 1. The third-order valence-corrected chi connectivity index (χ3v) is 3.26. The predicted molar refractivity (Wildman–Crippen MR) is 71.6 cm³/mol. The van der Waals surface area contributed by atoms with Gasteiger partial charge in [0.1, 0.15) is 0 Å². The smallest absolute Gasteiger partial charge is 0.281 e. The lowest BCUT2D eigenvalue weighted by Crippen LogP contribution is -2.38. The van der Waals surface area contributed by atoms with Crippen LogP contribution in [0.4, 0.5) is 5.95 Å². The molecular formula is C10H10N4OS2. The number of hydrazine groups is 1. The molecule has 2 rings (SSSR count). The van der Waals surface area contributed by atoms with E-state index in [1.807, 2.05) is 23.6 Å². The van der Waals surface area contributed by atoms with Crippen molar-refractivity contribution in [2.24, 2.45) is 5.84 Å². The van der Waals surface area contributed by atoms with Gasteiger partial charge in [-0.15, -0.1) is 11.3 Å². The number of nitrogens with two attached hydrogens (primary N) is 1. The van der Waals surface area contributed by atoms with E-state index in [1.54, 1.807) is 17.5 Å². The van der Waals surface area contributed by atoms with Gasteiger partial charge in [0.15, 0.2) is 0 Å². The SMILES string of the molecule is COC(=S)N(N)c1nccc(-c2cccs2)n1. The van der Waals surface area contributed by atoms with Crippen molar-refractivity contribution < 1.29 is 4.74 Å². The van der Waals surface area contributed by atoms with Crippen LogP contribution >= 0.6 is 23.6 Å². The minimum absolute atomic E-state index is 0.119. The van der Waals surface area contributed by atoms with Crippen LogP contribution in [0, 0.1) is 0 Å². The van der Waals surface area contributed by atoms with E-state index in [4.69, 9.17) is 22.8 Å². The van der Waals surface area contributed by atoms with Crippen LogP contribution in [-0.2, 0) is 4.74 Å². The molecule has 0 unspecified atom stereocenters. The molecule has 2 N–H and O–H groups in total. The first-order valence-electron chi connectivity index (χ1n) is 4.72. The van der Waals surface area contributed by atoms with E-state index in [9.17, 15) is 0 Å². The van der Waals surface area contributed by atoms with Crippen molar-refractivity contribution in [3.05, 3.63) is 29.8 Å². The van der Waals surface area contributed by atoms with Crippen LogP contribution in [0.3, 0.4) is 0 Å². The van der Waals surface area contributed by atoms with Gasteiger partial charge in [0, 0.05) is 6.20 Å². The molecule has 0 saturated heterocycles. The lowest BCUT2D eigenvalue weighted by atomic mass is 10.3. The van der Waals surface area contributed by atoms with Crippen LogP contribution in [0.5, 0.6) is 0 Å². The minimum atomic E-state index is 0.119. The summed E-state index contributed by atoms with van der Waals surface area (Å²) in [6.07, 6.45) is 1.63. The molecule has 0 aliphatic rings. The Hall–Kier alpha value is -1.57. The molecule has 0 spiro atoms. The highest BCUT2D eigenvalue weighted by Crippen LogP contribution is 2.23. The Morgan fingerprint density at radius 1 is 1.53 bits per heavy atom. The van der Waals surface area contributed by atoms with Crippen molar-refractivity contribution in [3.8, 4) is 10.6 Å². The van der Waals surface area contributed by atoms with Crippen molar-refractivity contribution in [2.75, 3.05) is 12.1 Å². The highest BCUT2D eigenvalue weighted by atomic mass is 32.1. The molecule has 88 valence electrons. The van der Waals surface area contributed by atoms with Gasteiger partial charge in [-0.1, -0.05) is 6.07 Å². The van der Waals surface area contributed by atoms with Crippen LogP contribution < -0.4 is 10.9 Å². The number of aromatic nitrogens is 2. The van der Waals surface area contributed by atoms with Gasteiger partial charge in [0.05, 0.1) is 17.7 Å². The van der Waals surface area contributed by atoms with E-state index in [2.05, 4.69) is 9.97 Å². The summed E-state index contributed by atoms with van der Waals surface area (Å²) in [5, 5.41) is 3.23. The summed E-state index contributed by atoms with van der Waals surface area (Å²) in [7, 11) is 1.45. The lowest BCUT2D eigenvalue weighted by Gasteiger charge is -2.15. The molecule has 5 nitrogen and oxygen atoms in total. The third kappa shape index (κ3) is 2.57. The van der Waals surface area contributed by atoms with Crippen molar-refractivity contribution >= 4 is 34.7 Å². The summed E-state index contributed by atoms with van der Waals surface area (Å²) in [6, 6.07) is 5.76. The maximum absolute atomic E-state index is 5.72. The molecule has 0 amide bonds. The third-order valence-electron chi connectivity index (χ3n) is 2.00. The molecule has 0 aliphatic carbocycles. The van der Waals surface area contributed by atoms with Crippen molar-refractivity contribution in [2.45, 2.75) is 0 Å². The van der Waals surface area contributed by atoms with Gasteiger partial charge >= 0.3 is 0 Å². The molecule has 2 aromatic heterocycles. The first-order chi connectivity index (χ1) is 8.22. The molecule has 0 radical (unpaired) electrons. The quantitative estimate of drug-likeness (QED) is 0.508. The van der Waals surface area contributed by atoms with Crippen molar-refractivity contribution in [3.63, 3.8) is 0 Å². The van der Waals surface area contributed by atoms with Crippen molar-refractivity contribution in [1.82, 2.24) is 9.97 Å². The maximum atomic E-state index is 5.72. The number of thiocarbonyl (C=S) groups is 1. The van der Waals surface area contributed by atoms with Crippen molar-refractivity contribution in [1.29, 1.82) is 0 Å². The second-order valence-corrected chi connectivity index (χ2v) is 4.36. The van der Waals surface area contributed by atoms with Gasteiger partial charge in [0.2, 0.25) is 5.95 Å². The van der Waals surface area contributed by atoms with E-state index in [0.717, 1.165) is 15.6 Å². The summed E-state index contributed by atoms with van der Waals surface area (Å²) in [5.41, 5.74) is 0.805. The predicted octanol–water partition coefficient (Wildman–Crippen LogP) is 1.82. The molecule has 0 fully saturated rings. The van der Waals surface area contributed by atoms with Gasteiger partial charge in [-0.2, -0.15) is 0 Å². The Kier molecular flexibility index (Phi) is 3.62. The zero-order valence-electron chi connectivity index (χ0n) is 9.03. The van der Waals surface area contributed by atoms with Crippen LogP contribution in [0.15, 0.2) is 29.8 Å². The molecule has 0 aliphatic heterocycles. The average Bonchev–Trinajstić information content (AvgIpc) is 2.91. The second kappa shape index (κ2) is 5.17. The van der Waals surface area contributed by atoms with Gasteiger partial charge in [-0.05, 0) is 29.7 Å². The average molecular weight is 266 g/mol. The summed E-state index contributed by atoms with van der Waals surface area (Å²) >= 11 is 6.50. The lowest BCUT2D eigenvalue weighted by molar-refractivity contribution is 0.402.